The summed E-state index contributed by atoms with van der Waals surface area (Å²) in [5, 5.41) is 4.59. The zero-order valence-corrected chi connectivity index (χ0v) is 12.0. The highest BCUT2D eigenvalue weighted by atomic mass is 79.9. The summed E-state index contributed by atoms with van der Waals surface area (Å²) in [7, 11) is 1.54. The molecular weight excluding hydrogens is 316 g/mol. The number of hydrogen-bond donors (Lipinski definition) is 2. The predicted molar refractivity (Wildman–Crippen MR) is 77.4 cm³/mol. The molecule has 0 aliphatic carbocycles. The van der Waals surface area contributed by atoms with Gasteiger partial charge in [0.15, 0.2) is 0 Å². The van der Waals surface area contributed by atoms with Crippen LogP contribution in [0.3, 0.4) is 0 Å². The van der Waals surface area contributed by atoms with Gasteiger partial charge in [0.05, 0.1) is 7.11 Å². The van der Waals surface area contributed by atoms with Crippen LogP contribution in [0, 0.1) is 0 Å². The van der Waals surface area contributed by atoms with E-state index in [0.717, 1.165) is 4.47 Å². The Morgan fingerprint density at radius 2 is 2.22 bits per heavy atom. The molecule has 1 aromatic carbocycles. The van der Waals surface area contributed by atoms with E-state index in [1.165, 1.54) is 18.4 Å². The first-order valence-electron chi connectivity index (χ1n) is 5.09. The van der Waals surface area contributed by atoms with E-state index < -0.39 is 0 Å². The van der Waals surface area contributed by atoms with Crippen LogP contribution in [-0.2, 0) is 0 Å². The van der Waals surface area contributed by atoms with Gasteiger partial charge in [-0.1, -0.05) is 0 Å². The lowest BCUT2D eigenvalue weighted by Crippen LogP contribution is -2.11. The Balaban J connectivity index is 2.19. The fourth-order valence-corrected chi connectivity index (χ4v) is 2.43. The summed E-state index contributed by atoms with van der Waals surface area (Å²) in [5.41, 5.74) is 6.98. The largest absolute Gasteiger partial charge is 0.495 e. The van der Waals surface area contributed by atoms with Crippen LogP contribution in [0.4, 0.5) is 11.4 Å². The van der Waals surface area contributed by atoms with Crippen LogP contribution in [-0.4, -0.2) is 13.0 Å². The molecule has 0 saturated carbocycles. The Hall–Kier alpha value is -1.53. The number of nitrogens with two attached hydrogens (primary N) is 1. The molecule has 0 bridgehead atoms. The number of nitrogens with one attached hydrogen (secondary N) is 1. The molecule has 0 aliphatic rings. The van der Waals surface area contributed by atoms with Gasteiger partial charge in [0.2, 0.25) is 0 Å². The summed E-state index contributed by atoms with van der Waals surface area (Å²) >= 11 is 4.63. The zero-order valence-electron chi connectivity index (χ0n) is 9.57. The van der Waals surface area contributed by atoms with Gasteiger partial charge in [-0.15, -0.1) is 11.3 Å². The number of nitrogen functional groups attached to an aromatic ring is 1. The standard InChI is InChI=1S/C12H11BrN2O2S/c1-17-10-4-5-18-11(10)12(16)15-7-2-3-8(13)9(14)6-7/h2-6H,14H2,1H3,(H,15,16). The molecule has 1 heterocycles. The van der Waals surface area contributed by atoms with Gasteiger partial charge in [0, 0.05) is 15.8 Å². The van der Waals surface area contributed by atoms with Gasteiger partial charge in [0.1, 0.15) is 10.6 Å². The molecule has 2 aromatic rings. The van der Waals surface area contributed by atoms with Crippen molar-refractivity contribution in [2.45, 2.75) is 0 Å². The SMILES string of the molecule is COc1ccsc1C(=O)Nc1ccc(Br)c(N)c1. The van der Waals surface area contributed by atoms with Crippen molar-refractivity contribution in [3.05, 3.63) is 39.0 Å². The van der Waals surface area contributed by atoms with E-state index in [1.54, 1.807) is 24.3 Å². The Bertz CT molecular complexity index is 583. The molecule has 18 heavy (non-hydrogen) atoms. The molecule has 0 unspecified atom stereocenters. The van der Waals surface area contributed by atoms with Crippen molar-refractivity contribution in [3.63, 3.8) is 0 Å². The number of carbonyl (C=O) groups excluding carboxylic acids is 1. The third-order valence-electron chi connectivity index (χ3n) is 2.31. The monoisotopic (exact) mass is 326 g/mol. The van der Waals surface area contributed by atoms with Gasteiger partial charge in [0.25, 0.3) is 5.91 Å². The van der Waals surface area contributed by atoms with Gasteiger partial charge >= 0.3 is 0 Å². The average molecular weight is 327 g/mol. The molecule has 0 fully saturated rings. The molecule has 2 rings (SSSR count). The van der Waals surface area contributed by atoms with Crippen LogP contribution < -0.4 is 15.8 Å². The second kappa shape index (κ2) is 5.41. The lowest BCUT2D eigenvalue weighted by atomic mass is 10.3. The van der Waals surface area contributed by atoms with Crippen molar-refractivity contribution in [2.24, 2.45) is 0 Å². The number of rotatable bonds is 3. The summed E-state index contributed by atoms with van der Waals surface area (Å²) in [5.74, 6) is 0.367. The number of amides is 1. The van der Waals surface area contributed by atoms with E-state index >= 15 is 0 Å². The van der Waals surface area contributed by atoms with Crippen LogP contribution in [0.15, 0.2) is 34.1 Å². The maximum Gasteiger partial charge on any atom is 0.269 e. The van der Waals surface area contributed by atoms with Crippen LogP contribution in [0.25, 0.3) is 0 Å². The van der Waals surface area contributed by atoms with E-state index in [9.17, 15) is 4.79 Å². The minimum atomic E-state index is -0.205. The summed E-state index contributed by atoms with van der Waals surface area (Å²) < 4.78 is 5.90. The lowest BCUT2D eigenvalue weighted by Gasteiger charge is -2.07. The Morgan fingerprint density at radius 1 is 1.44 bits per heavy atom. The summed E-state index contributed by atoms with van der Waals surface area (Å²) in [6, 6.07) is 7.02. The van der Waals surface area contributed by atoms with Gasteiger partial charge in [-0.3, -0.25) is 4.79 Å². The second-order valence-electron chi connectivity index (χ2n) is 3.51. The second-order valence-corrected chi connectivity index (χ2v) is 5.28. The van der Waals surface area contributed by atoms with Crippen molar-refractivity contribution < 1.29 is 9.53 Å². The Morgan fingerprint density at radius 3 is 2.89 bits per heavy atom. The molecule has 0 atom stereocenters. The Kier molecular flexibility index (Phi) is 3.88. The van der Waals surface area contributed by atoms with Crippen LogP contribution in [0.2, 0.25) is 0 Å². The number of ether oxygens (including phenoxy) is 1. The third-order valence-corrected chi connectivity index (χ3v) is 3.93. The maximum atomic E-state index is 12.0. The maximum absolute atomic E-state index is 12.0. The van der Waals surface area contributed by atoms with Crippen molar-refractivity contribution in [1.82, 2.24) is 0 Å². The van der Waals surface area contributed by atoms with E-state index in [2.05, 4.69) is 21.2 Å². The first-order valence-corrected chi connectivity index (χ1v) is 6.77. The van der Waals surface area contributed by atoms with Crippen molar-refractivity contribution in [2.75, 3.05) is 18.2 Å². The van der Waals surface area contributed by atoms with Crippen LogP contribution in [0.5, 0.6) is 5.75 Å². The molecule has 1 amide bonds. The van der Waals surface area contributed by atoms with Gasteiger partial charge < -0.3 is 15.8 Å². The fraction of sp³-hybridized carbons (Fsp3) is 0.0833. The minimum Gasteiger partial charge on any atom is -0.495 e. The molecule has 0 saturated heterocycles. The first kappa shape index (κ1) is 12.9. The number of methoxy groups -OCH3 is 1. The van der Waals surface area contributed by atoms with E-state index in [0.29, 0.717) is 22.0 Å². The number of benzene rings is 1. The van der Waals surface area contributed by atoms with Crippen molar-refractivity contribution >= 4 is 44.5 Å². The van der Waals surface area contributed by atoms with Gasteiger partial charge in [-0.25, -0.2) is 0 Å². The topological polar surface area (TPSA) is 64.3 Å². The molecule has 94 valence electrons. The molecule has 4 nitrogen and oxygen atoms in total. The Labute approximate surface area is 117 Å². The quantitative estimate of drug-likeness (QED) is 0.850. The summed E-state index contributed by atoms with van der Waals surface area (Å²) in [6.45, 7) is 0. The fourth-order valence-electron chi connectivity index (χ4n) is 1.43. The number of halogens is 1. The smallest absolute Gasteiger partial charge is 0.269 e. The van der Waals surface area contributed by atoms with Crippen molar-refractivity contribution in [3.8, 4) is 5.75 Å². The van der Waals surface area contributed by atoms with Crippen molar-refractivity contribution in [1.29, 1.82) is 0 Å². The number of thiophene rings is 1. The first-order chi connectivity index (χ1) is 8.61. The molecule has 6 heteroatoms. The van der Waals surface area contributed by atoms with Crippen LogP contribution >= 0.6 is 27.3 Å². The summed E-state index contributed by atoms with van der Waals surface area (Å²) in [4.78, 5) is 12.6. The predicted octanol–water partition coefficient (Wildman–Crippen LogP) is 3.35. The van der Waals surface area contributed by atoms with Gasteiger partial charge in [-0.2, -0.15) is 0 Å². The average Bonchev–Trinajstić information content (AvgIpc) is 2.82. The number of carbonyl (C=O) groups is 1. The molecule has 0 spiro atoms. The number of hydrogen-bond acceptors (Lipinski definition) is 4. The highest BCUT2D eigenvalue weighted by Gasteiger charge is 2.14. The van der Waals surface area contributed by atoms with Crippen LogP contribution in [0.1, 0.15) is 9.67 Å². The minimum absolute atomic E-state index is 0.205. The number of anilines is 2. The highest BCUT2D eigenvalue weighted by molar-refractivity contribution is 9.10. The third kappa shape index (κ3) is 2.65. The molecule has 0 radical (unpaired) electrons. The van der Waals surface area contributed by atoms with E-state index in [1.807, 2.05) is 5.38 Å². The molecular formula is C12H11BrN2O2S. The van der Waals surface area contributed by atoms with E-state index in [4.69, 9.17) is 10.5 Å². The van der Waals surface area contributed by atoms with E-state index in [-0.39, 0.29) is 5.91 Å². The normalized spacial score (nSPS) is 10.1. The molecule has 1 aromatic heterocycles. The molecule has 0 aliphatic heterocycles. The highest BCUT2D eigenvalue weighted by Crippen LogP contribution is 2.27. The zero-order chi connectivity index (χ0) is 13.1. The van der Waals surface area contributed by atoms with Gasteiger partial charge in [-0.05, 0) is 45.6 Å². The summed E-state index contributed by atoms with van der Waals surface area (Å²) in [6.07, 6.45) is 0. The molecule has 3 N–H and O–H groups in total. The lowest BCUT2D eigenvalue weighted by molar-refractivity contribution is 0.102.